The van der Waals surface area contributed by atoms with Crippen LogP contribution in [0, 0.1) is 13.8 Å². The molecule has 5 heteroatoms. The van der Waals surface area contributed by atoms with Crippen LogP contribution in [0.4, 0.5) is 5.69 Å². The van der Waals surface area contributed by atoms with Crippen molar-refractivity contribution in [3.05, 3.63) is 52.3 Å². The normalized spacial score (nSPS) is 16.5. The Kier molecular flexibility index (Phi) is 3.89. The molecule has 1 saturated carbocycles. The van der Waals surface area contributed by atoms with E-state index in [2.05, 4.69) is 45.9 Å². The van der Waals surface area contributed by atoms with Gasteiger partial charge in [0, 0.05) is 18.2 Å². The number of anilines is 1. The van der Waals surface area contributed by atoms with Gasteiger partial charge >= 0.3 is 0 Å². The molecule has 0 spiro atoms. The summed E-state index contributed by atoms with van der Waals surface area (Å²) in [7, 11) is 0. The number of nitrogens with zero attached hydrogens (tertiary/aromatic N) is 4. The first-order chi connectivity index (χ1) is 13.8. The lowest BCUT2D eigenvalue weighted by atomic mass is 10.0. The molecule has 0 bridgehead atoms. The number of fused-ring (bicyclic) bond motifs is 2. The number of hydrogen-bond acceptors (Lipinski definition) is 3. The standard InChI is InChI=1S/C24H28N4O/c1-14-7-6-8-17-11-12-27(21(14)17)23(29)18-13-19(16-9-10-16)25-22-20(18)15(2)26-28(22)24(3,4)5/h6-8,13,16H,9-12H2,1-5H3. The number of hydrogen-bond donors (Lipinski definition) is 0. The number of amides is 1. The fraction of sp³-hybridized carbons (Fsp3) is 0.458. The Labute approximate surface area is 171 Å². The molecule has 0 atom stereocenters. The molecular weight excluding hydrogens is 360 g/mol. The van der Waals surface area contributed by atoms with Gasteiger partial charge in [0.1, 0.15) is 0 Å². The van der Waals surface area contributed by atoms with Gasteiger partial charge in [-0.15, -0.1) is 0 Å². The van der Waals surface area contributed by atoms with Gasteiger partial charge in [-0.2, -0.15) is 5.10 Å². The third-order valence-electron chi connectivity index (χ3n) is 6.14. The average molecular weight is 389 g/mol. The fourth-order valence-corrected chi connectivity index (χ4v) is 4.53. The highest BCUT2D eigenvalue weighted by atomic mass is 16.2. The summed E-state index contributed by atoms with van der Waals surface area (Å²) in [5, 5.41) is 5.70. The van der Waals surface area contributed by atoms with Crippen LogP contribution in [0.1, 0.15) is 72.4 Å². The van der Waals surface area contributed by atoms with Crippen molar-refractivity contribution in [2.45, 2.75) is 65.3 Å². The zero-order chi connectivity index (χ0) is 20.5. The maximum atomic E-state index is 13.8. The van der Waals surface area contributed by atoms with Gasteiger partial charge in [-0.1, -0.05) is 18.2 Å². The Morgan fingerprint density at radius 3 is 2.62 bits per heavy atom. The predicted octanol–water partition coefficient (Wildman–Crippen LogP) is 4.88. The molecule has 1 aliphatic carbocycles. The highest BCUT2D eigenvalue weighted by Gasteiger charge is 2.33. The van der Waals surface area contributed by atoms with Crippen LogP contribution in [0.3, 0.4) is 0 Å². The molecule has 29 heavy (non-hydrogen) atoms. The lowest BCUT2D eigenvalue weighted by Crippen LogP contribution is -2.30. The molecule has 2 aromatic heterocycles. The predicted molar refractivity (Wildman–Crippen MR) is 116 cm³/mol. The van der Waals surface area contributed by atoms with E-state index in [1.165, 1.54) is 5.56 Å². The van der Waals surface area contributed by atoms with Gasteiger partial charge in [0.25, 0.3) is 5.91 Å². The second kappa shape index (κ2) is 6.15. The number of carbonyl (C=O) groups excluding carboxylic acids is 1. The molecule has 1 aliphatic heterocycles. The zero-order valence-corrected chi connectivity index (χ0v) is 17.9. The SMILES string of the molecule is Cc1cccc2c1N(C(=O)c1cc(C3CC3)nc3c1c(C)nn3C(C)(C)C)CC2. The number of benzene rings is 1. The van der Waals surface area contributed by atoms with E-state index >= 15 is 0 Å². The summed E-state index contributed by atoms with van der Waals surface area (Å²) in [5.74, 6) is 0.547. The first-order valence-electron chi connectivity index (χ1n) is 10.6. The van der Waals surface area contributed by atoms with E-state index in [9.17, 15) is 4.79 Å². The molecule has 3 aromatic rings. The van der Waals surface area contributed by atoms with Gasteiger partial charge < -0.3 is 4.90 Å². The van der Waals surface area contributed by atoms with Crippen LogP contribution in [-0.4, -0.2) is 27.2 Å². The van der Waals surface area contributed by atoms with E-state index in [-0.39, 0.29) is 11.4 Å². The van der Waals surface area contributed by atoms with Crippen LogP contribution < -0.4 is 4.90 Å². The van der Waals surface area contributed by atoms with E-state index in [1.807, 2.05) is 22.6 Å². The molecule has 2 aliphatic rings. The van der Waals surface area contributed by atoms with Crippen LogP contribution in [0.5, 0.6) is 0 Å². The van der Waals surface area contributed by atoms with Crippen molar-refractivity contribution in [2.75, 3.05) is 11.4 Å². The van der Waals surface area contributed by atoms with Crippen LogP contribution in [-0.2, 0) is 12.0 Å². The van der Waals surface area contributed by atoms with Crippen LogP contribution in [0.25, 0.3) is 11.0 Å². The van der Waals surface area contributed by atoms with E-state index < -0.39 is 0 Å². The number of pyridine rings is 1. The Morgan fingerprint density at radius 2 is 1.93 bits per heavy atom. The van der Waals surface area contributed by atoms with Crippen molar-refractivity contribution in [3.63, 3.8) is 0 Å². The van der Waals surface area contributed by atoms with Gasteiger partial charge in [-0.3, -0.25) is 4.79 Å². The minimum Gasteiger partial charge on any atom is -0.307 e. The van der Waals surface area contributed by atoms with Crippen LogP contribution >= 0.6 is 0 Å². The molecular formula is C24H28N4O. The summed E-state index contributed by atoms with van der Waals surface area (Å²) in [6, 6.07) is 8.34. The molecule has 5 rings (SSSR count). The number of aryl methyl sites for hydroxylation is 2. The molecule has 150 valence electrons. The van der Waals surface area contributed by atoms with Crippen molar-refractivity contribution in [1.82, 2.24) is 14.8 Å². The number of rotatable bonds is 2. The Bertz CT molecular complexity index is 1150. The molecule has 0 saturated heterocycles. The Hall–Kier alpha value is -2.69. The molecule has 0 N–H and O–H groups in total. The van der Waals surface area contributed by atoms with Crippen molar-refractivity contribution in [3.8, 4) is 0 Å². The minimum atomic E-state index is -0.196. The summed E-state index contributed by atoms with van der Waals surface area (Å²) < 4.78 is 1.99. The van der Waals surface area contributed by atoms with E-state index in [0.717, 1.165) is 65.0 Å². The summed E-state index contributed by atoms with van der Waals surface area (Å²) in [4.78, 5) is 20.8. The van der Waals surface area contributed by atoms with Gasteiger partial charge in [0.05, 0.1) is 27.9 Å². The molecule has 1 amide bonds. The zero-order valence-electron chi connectivity index (χ0n) is 17.9. The van der Waals surface area contributed by atoms with Gasteiger partial charge in [0.2, 0.25) is 0 Å². The Morgan fingerprint density at radius 1 is 1.17 bits per heavy atom. The third kappa shape index (κ3) is 2.86. The van der Waals surface area contributed by atoms with E-state index in [4.69, 9.17) is 10.1 Å². The van der Waals surface area contributed by atoms with Crippen LogP contribution in [0.15, 0.2) is 24.3 Å². The number of aromatic nitrogens is 3. The molecule has 5 nitrogen and oxygen atoms in total. The smallest absolute Gasteiger partial charge is 0.259 e. The summed E-state index contributed by atoms with van der Waals surface area (Å²) in [6.07, 6.45) is 3.22. The monoisotopic (exact) mass is 388 g/mol. The lowest BCUT2D eigenvalue weighted by Gasteiger charge is -2.22. The molecule has 3 heterocycles. The molecule has 1 fully saturated rings. The maximum Gasteiger partial charge on any atom is 0.259 e. The molecule has 1 aromatic carbocycles. The molecule has 0 unspecified atom stereocenters. The van der Waals surface area contributed by atoms with Gasteiger partial charge in [-0.05, 0) is 71.1 Å². The van der Waals surface area contributed by atoms with E-state index in [1.54, 1.807) is 0 Å². The van der Waals surface area contributed by atoms with Crippen LogP contribution in [0.2, 0.25) is 0 Å². The maximum absolute atomic E-state index is 13.8. The first kappa shape index (κ1) is 18.3. The largest absolute Gasteiger partial charge is 0.307 e. The van der Waals surface area contributed by atoms with Gasteiger partial charge in [-0.25, -0.2) is 9.67 Å². The van der Waals surface area contributed by atoms with E-state index in [0.29, 0.717) is 5.92 Å². The average Bonchev–Trinajstić information content (AvgIpc) is 3.33. The van der Waals surface area contributed by atoms with Crippen molar-refractivity contribution in [2.24, 2.45) is 0 Å². The highest BCUT2D eigenvalue weighted by molar-refractivity contribution is 6.15. The van der Waals surface area contributed by atoms with Crippen molar-refractivity contribution in [1.29, 1.82) is 0 Å². The highest BCUT2D eigenvalue weighted by Crippen LogP contribution is 2.42. The topological polar surface area (TPSA) is 51.0 Å². The minimum absolute atomic E-state index is 0.0731. The summed E-state index contributed by atoms with van der Waals surface area (Å²) in [5.41, 5.74) is 6.80. The third-order valence-corrected chi connectivity index (χ3v) is 6.14. The number of carbonyl (C=O) groups is 1. The van der Waals surface area contributed by atoms with Crippen molar-refractivity contribution >= 4 is 22.6 Å². The lowest BCUT2D eigenvalue weighted by molar-refractivity contribution is 0.0990. The second-order valence-electron chi connectivity index (χ2n) is 9.53. The van der Waals surface area contributed by atoms with Crippen molar-refractivity contribution < 1.29 is 4.79 Å². The summed E-state index contributed by atoms with van der Waals surface area (Å²) in [6.45, 7) is 11.2. The fourth-order valence-electron chi connectivity index (χ4n) is 4.53. The first-order valence-corrected chi connectivity index (χ1v) is 10.6. The van der Waals surface area contributed by atoms with Gasteiger partial charge in [0.15, 0.2) is 5.65 Å². The second-order valence-corrected chi connectivity index (χ2v) is 9.53. The quantitative estimate of drug-likeness (QED) is 0.628. The Balaban J connectivity index is 1.71. The summed E-state index contributed by atoms with van der Waals surface area (Å²) >= 11 is 0. The number of para-hydroxylation sites is 1. The molecule has 0 radical (unpaired) electrons.